The van der Waals surface area contributed by atoms with Crippen LogP contribution in [0.5, 0.6) is 0 Å². The highest BCUT2D eigenvalue weighted by molar-refractivity contribution is 5.77. The molecule has 0 aromatic rings. The summed E-state index contributed by atoms with van der Waals surface area (Å²) in [7, 11) is 0. The van der Waals surface area contributed by atoms with Crippen LogP contribution >= 0.6 is 0 Å². The molecular weight excluding hydrogens is 248 g/mol. The van der Waals surface area contributed by atoms with Gasteiger partial charge < -0.3 is 15.2 Å². The molecular formula is C11H17F2NO4. The molecule has 0 aliphatic heterocycles. The van der Waals surface area contributed by atoms with E-state index in [-0.39, 0.29) is 37.3 Å². The van der Waals surface area contributed by atoms with Gasteiger partial charge in [0.25, 0.3) is 6.43 Å². The van der Waals surface area contributed by atoms with Crippen LogP contribution < -0.4 is 5.32 Å². The molecule has 0 saturated heterocycles. The fraction of sp³-hybridized carbons (Fsp3) is 0.818. The van der Waals surface area contributed by atoms with Crippen molar-refractivity contribution in [2.24, 2.45) is 5.92 Å². The number of aliphatic carboxylic acids is 1. The third kappa shape index (κ3) is 6.48. The van der Waals surface area contributed by atoms with Crippen molar-refractivity contribution in [2.45, 2.75) is 38.2 Å². The Hall–Kier alpha value is -1.24. The first-order chi connectivity index (χ1) is 8.49. The van der Waals surface area contributed by atoms with Crippen LogP contribution in [0.4, 0.5) is 8.78 Å². The summed E-state index contributed by atoms with van der Waals surface area (Å²) in [6.07, 6.45) is -0.844. The summed E-state index contributed by atoms with van der Waals surface area (Å²) in [5.74, 6) is -1.09. The van der Waals surface area contributed by atoms with Crippen molar-refractivity contribution in [3.8, 4) is 0 Å². The number of hydrogen-bond donors (Lipinski definition) is 2. The molecule has 1 fully saturated rings. The molecule has 18 heavy (non-hydrogen) atoms. The third-order valence-corrected chi connectivity index (χ3v) is 2.65. The molecule has 0 aromatic carbocycles. The molecule has 0 aromatic heterocycles. The van der Waals surface area contributed by atoms with Gasteiger partial charge in [-0.25, -0.2) is 8.78 Å². The molecule has 1 atom stereocenters. The average Bonchev–Trinajstić information content (AvgIpc) is 3.06. The zero-order valence-electron chi connectivity index (χ0n) is 9.90. The highest BCUT2D eigenvalue weighted by atomic mass is 19.3. The number of amides is 1. The lowest BCUT2D eigenvalue weighted by Gasteiger charge is -2.16. The molecule has 1 amide bonds. The molecule has 0 heterocycles. The van der Waals surface area contributed by atoms with E-state index < -0.39 is 19.0 Å². The molecule has 7 heteroatoms. The fourth-order valence-electron chi connectivity index (χ4n) is 1.64. The first-order valence-corrected chi connectivity index (χ1v) is 5.86. The SMILES string of the molecule is O=C(O)CC(NC(=O)CCOCC(F)F)C1CC1. The minimum Gasteiger partial charge on any atom is -0.481 e. The number of alkyl halides is 2. The zero-order valence-corrected chi connectivity index (χ0v) is 9.90. The summed E-state index contributed by atoms with van der Waals surface area (Å²) >= 11 is 0. The number of carboxylic acids is 1. The topological polar surface area (TPSA) is 75.6 Å². The van der Waals surface area contributed by atoms with Crippen LogP contribution in [-0.2, 0) is 14.3 Å². The van der Waals surface area contributed by atoms with Gasteiger partial charge >= 0.3 is 5.97 Å². The maximum absolute atomic E-state index is 11.7. The number of hydrogen-bond acceptors (Lipinski definition) is 3. The lowest BCUT2D eigenvalue weighted by atomic mass is 10.1. The van der Waals surface area contributed by atoms with Gasteiger partial charge in [-0.3, -0.25) is 9.59 Å². The molecule has 1 saturated carbocycles. The smallest absolute Gasteiger partial charge is 0.305 e. The van der Waals surface area contributed by atoms with Gasteiger partial charge in [0.2, 0.25) is 5.91 Å². The van der Waals surface area contributed by atoms with E-state index in [4.69, 9.17) is 5.11 Å². The lowest BCUT2D eigenvalue weighted by Crippen LogP contribution is -2.38. The fourth-order valence-corrected chi connectivity index (χ4v) is 1.64. The number of ether oxygens (including phenoxy) is 1. The standard InChI is InChI=1S/C11H17F2NO4/c12-9(13)6-18-4-3-10(15)14-8(5-11(16)17)7-1-2-7/h7-9H,1-6H2,(H,14,15)(H,16,17). The third-order valence-electron chi connectivity index (χ3n) is 2.65. The molecule has 0 spiro atoms. The van der Waals surface area contributed by atoms with Crippen LogP contribution in [0.15, 0.2) is 0 Å². The molecule has 104 valence electrons. The maximum Gasteiger partial charge on any atom is 0.305 e. The number of carboxylic acid groups (broad SMARTS) is 1. The maximum atomic E-state index is 11.7. The molecule has 1 rings (SSSR count). The largest absolute Gasteiger partial charge is 0.481 e. The molecule has 1 aliphatic carbocycles. The van der Waals surface area contributed by atoms with Crippen molar-refractivity contribution >= 4 is 11.9 Å². The number of halogens is 2. The summed E-state index contributed by atoms with van der Waals surface area (Å²) < 4.78 is 28.0. The summed E-state index contributed by atoms with van der Waals surface area (Å²) in [5.41, 5.74) is 0. The highest BCUT2D eigenvalue weighted by Gasteiger charge is 2.33. The summed E-state index contributed by atoms with van der Waals surface area (Å²) in [5, 5.41) is 11.3. The lowest BCUT2D eigenvalue weighted by molar-refractivity contribution is -0.138. The Morgan fingerprint density at radius 3 is 2.56 bits per heavy atom. The van der Waals surface area contributed by atoms with Gasteiger partial charge in [0.1, 0.15) is 6.61 Å². The van der Waals surface area contributed by atoms with Gasteiger partial charge in [-0.1, -0.05) is 0 Å². The summed E-state index contributed by atoms with van der Waals surface area (Å²) in [6.45, 7) is -0.769. The minimum absolute atomic E-state index is 0.0322. The first kappa shape index (κ1) is 14.8. The molecule has 0 bridgehead atoms. The van der Waals surface area contributed by atoms with E-state index in [0.29, 0.717) is 0 Å². The van der Waals surface area contributed by atoms with Gasteiger partial charge in [0.05, 0.1) is 13.0 Å². The zero-order chi connectivity index (χ0) is 13.5. The summed E-state index contributed by atoms with van der Waals surface area (Å²) in [4.78, 5) is 22.0. The van der Waals surface area contributed by atoms with Gasteiger partial charge in [-0.05, 0) is 18.8 Å². The van der Waals surface area contributed by atoms with Crippen LogP contribution in [-0.4, -0.2) is 42.7 Å². The average molecular weight is 265 g/mol. The van der Waals surface area contributed by atoms with E-state index in [0.717, 1.165) is 12.8 Å². The van der Waals surface area contributed by atoms with E-state index in [1.807, 2.05) is 0 Å². The normalized spacial score (nSPS) is 16.6. The second kappa shape index (κ2) is 7.25. The quantitative estimate of drug-likeness (QED) is 0.610. The Morgan fingerprint density at radius 1 is 1.39 bits per heavy atom. The van der Waals surface area contributed by atoms with Crippen molar-refractivity contribution in [2.75, 3.05) is 13.2 Å². The van der Waals surface area contributed by atoms with Crippen LogP contribution in [0, 0.1) is 5.92 Å². The second-order valence-electron chi connectivity index (χ2n) is 4.33. The van der Waals surface area contributed by atoms with Gasteiger partial charge in [0.15, 0.2) is 0 Å². The Morgan fingerprint density at radius 2 is 2.06 bits per heavy atom. The number of rotatable bonds is 9. The van der Waals surface area contributed by atoms with Crippen LogP contribution in [0.1, 0.15) is 25.7 Å². The first-order valence-electron chi connectivity index (χ1n) is 5.86. The predicted octanol–water partition coefficient (Wildman–Crippen LogP) is 1.03. The Labute approximate surface area is 103 Å². The van der Waals surface area contributed by atoms with Gasteiger partial charge in [-0.15, -0.1) is 0 Å². The van der Waals surface area contributed by atoms with Crippen LogP contribution in [0.2, 0.25) is 0 Å². The monoisotopic (exact) mass is 265 g/mol. The Balaban J connectivity index is 2.18. The van der Waals surface area contributed by atoms with Crippen LogP contribution in [0.3, 0.4) is 0 Å². The minimum atomic E-state index is -2.54. The molecule has 2 N–H and O–H groups in total. The van der Waals surface area contributed by atoms with Crippen molar-refractivity contribution in [3.63, 3.8) is 0 Å². The van der Waals surface area contributed by atoms with Crippen molar-refractivity contribution in [3.05, 3.63) is 0 Å². The van der Waals surface area contributed by atoms with Crippen molar-refractivity contribution in [1.82, 2.24) is 5.32 Å². The Bertz CT molecular complexity index is 295. The Kier molecular flexibility index (Phi) is 5.97. The van der Waals surface area contributed by atoms with E-state index in [9.17, 15) is 18.4 Å². The van der Waals surface area contributed by atoms with Crippen molar-refractivity contribution in [1.29, 1.82) is 0 Å². The summed E-state index contributed by atoms with van der Waals surface area (Å²) in [6, 6.07) is -0.356. The van der Waals surface area contributed by atoms with E-state index in [2.05, 4.69) is 10.1 Å². The van der Waals surface area contributed by atoms with Gasteiger partial charge in [-0.2, -0.15) is 0 Å². The van der Waals surface area contributed by atoms with Crippen LogP contribution in [0.25, 0.3) is 0 Å². The molecule has 5 nitrogen and oxygen atoms in total. The highest BCUT2D eigenvalue weighted by Crippen LogP contribution is 2.34. The van der Waals surface area contributed by atoms with E-state index in [1.165, 1.54) is 0 Å². The van der Waals surface area contributed by atoms with Gasteiger partial charge in [0, 0.05) is 12.5 Å². The van der Waals surface area contributed by atoms with Crippen molar-refractivity contribution < 1.29 is 28.2 Å². The molecule has 1 unspecified atom stereocenters. The predicted molar refractivity (Wildman–Crippen MR) is 58.3 cm³/mol. The molecule has 1 aliphatic rings. The number of carbonyl (C=O) groups is 2. The van der Waals surface area contributed by atoms with E-state index in [1.54, 1.807) is 0 Å². The number of carbonyl (C=O) groups excluding carboxylic acids is 1. The second-order valence-corrected chi connectivity index (χ2v) is 4.33. The number of nitrogens with one attached hydrogen (secondary N) is 1. The molecule has 0 radical (unpaired) electrons. The van der Waals surface area contributed by atoms with E-state index >= 15 is 0 Å².